The molecule has 0 bridgehead atoms. The largest absolute Gasteiger partial charge is 0.497 e. The molecule has 2 heterocycles. The number of aromatic nitrogens is 1. The maximum absolute atomic E-state index is 12.7. The Bertz CT molecular complexity index is 1170. The van der Waals surface area contributed by atoms with Crippen LogP contribution in [-0.4, -0.2) is 40.8 Å². The maximum Gasteiger partial charge on any atom is 0.329 e. The number of nitrogens with zero attached hydrogens (tertiary/aromatic N) is 2. The molecule has 1 atom stereocenters. The predicted octanol–water partition coefficient (Wildman–Crippen LogP) is 3.86. The van der Waals surface area contributed by atoms with Gasteiger partial charge in [0.05, 0.1) is 23.9 Å². The molecule has 0 radical (unpaired) electrons. The van der Waals surface area contributed by atoms with Crippen LogP contribution in [0.4, 0.5) is 0 Å². The fourth-order valence-electron chi connectivity index (χ4n) is 3.34. The van der Waals surface area contributed by atoms with E-state index < -0.39 is 23.8 Å². The number of benzene rings is 2. The molecule has 2 aromatic carbocycles. The van der Waals surface area contributed by atoms with Gasteiger partial charge in [-0.1, -0.05) is 11.6 Å². The summed E-state index contributed by atoms with van der Waals surface area (Å²) >= 11 is 1.43. The molecular weight excluding hydrogens is 416 g/mol. The second kappa shape index (κ2) is 8.31. The zero-order valence-electron chi connectivity index (χ0n) is 17.2. The van der Waals surface area contributed by atoms with Crippen LogP contribution in [0, 0.1) is 6.92 Å². The first-order chi connectivity index (χ1) is 14.9. The minimum atomic E-state index is -1.03. The molecule has 0 N–H and O–H groups in total. The molecule has 7 nitrogen and oxygen atoms in total. The van der Waals surface area contributed by atoms with Gasteiger partial charge in [0.15, 0.2) is 0 Å². The number of rotatable bonds is 6. The lowest BCUT2D eigenvalue weighted by molar-refractivity contribution is -0.149. The molecule has 0 aliphatic carbocycles. The third-order valence-corrected chi connectivity index (χ3v) is 5.99. The fraction of sp³-hybridized carbons (Fsp3) is 0.217. The van der Waals surface area contributed by atoms with Crippen molar-refractivity contribution < 1.29 is 23.9 Å². The second-order valence-electron chi connectivity index (χ2n) is 7.19. The fourth-order valence-corrected chi connectivity index (χ4v) is 4.15. The Kier molecular flexibility index (Phi) is 5.56. The quantitative estimate of drug-likeness (QED) is 0.431. The van der Waals surface area contributed by atoms with E-state index in [-0.39, 0.29) is 6.61 Å². The van der Waals surface area contributed by atoms with Crippen molar-refractivity contribution in [1.29, 1.82) is 0 Å². The third kappa shape index (κ3) is 3.94. The number of imide groups is 1. The Balaban J connectivity index is 1.41. The summed E-state index contributed by atoms with van der Waals surface area (Å²) in [5.41, 5.74) is 3.01. The highest BCUT2D eigenvalue weighted by molar-refractivity contribution is 7.13. The molecule has 31 heavy (non-hydrogen) atoms. The number of carbonyl (C=O) groups is 3. The number of fused-ring (bicyclic) bond motifs is 1. The van der Waals surface area contributed by atoms with Crippen molar-refractivity contribution in [1.82, 2.24) is 9.88 Å². The van der Waals surface area contributed by atoms with Crippen LogP contribution in [0.15, 0.2) is 47.8 Å². The van der Waals surface area contributed by atoms with Crippen molar-refractivity contribution >= 4 is 29.1 Å². The lowest BCUT2D eigenvalue weighted by atomic mass is 10.1. The Labute approximate surface area is 183 Å². The number of aryl methyl sites for hydroxylation is 1. The molecule has 0 saturated carbocycles. The van der Waals surface area contributed by atoms with E-state index in [0.29, 0.717) is 16.8 Å². The van der Waals surface area contributed by atoms with Crippen LogP contribution in [-0.2, 0) is 16.1 Å². The van der Waals surface area contributed by atoms with Crippen LogP contribution >= 0.6 is 11.3 Å². The van der Waals surface area contributed by atoms with E-state index in [2.05, 4.69) is 4.98 Å². The first kappa shape index (κ1) is 20.7. The molecule has 4 rings (SSSR count). The number of thiazole rings is 1. The van der Waals surface area contributed by atoms with E-state index in [0.717, 1.165) is 26.8 Å². The Morgan fingerprint density at radius 2 is 1.81 bits per heavy atom. The van der Waals surface area contributed by atoms with Gasteiger partial charge in [-0.25, -0.2) is 9.78 Å². The summed E-state index contributed by atoms with van der Waals surface area (Å²) in [7, 11) is 1.61. The topological polar surface area (TPSA) is 85.8 Å². The molecule has 1 aliphatic rings. The summed E-state index contributed by atoms with van der Waals surface area (Å²) in [6, 6.07) is 11.5. The van der Waals surface area contributed by atoms with Crippen LogP contribution in [0.25, 0.3) is 10.6 Å². The van der Waals surface area contributed by atoms with Gasteiger partial charge in [0.1, 0.15) is 23.4 Å². The molecule has 0 saturated heterocycles. The minimum Gasteiger partial charge on any atom is -0.497 e. The number of ether oxygens (including phenoxy) is 2. The maximum atomic E-state index is 12.7. The summed E-state index contributed by atoms with van der Waals surface area (Å²) in [6.45, 7) is 3.28. The van der Waals surface area contributed by atoms with Gasteiger partial charge < -0.3 is 9.47 Å². The van der Waals surface area contributed by atoms with Crippen LogP contribution in [0.2, 0.25) is 0 Å². The van der Waals surface area contributed by atoms with Gasteiger partial charge in [-0.05, 0) is 50.2 Å². The van der Waals surface area contributed by atoms with Crippen molar-refractivity contribution in [3.63, 3.8) is 0 Å². The number of carbonyl (C=O) groups excluding carboxylic acids is 3. The van der Waals surface area contributed by atoms with E-state index in [4.69, 9.17) is 9.47 Å². The first-order valence-corrected chi connectivity index (χ1v) is 10.5. The van der Waals surface area contributed by atoms with E-state index in [1.807, 2.05) is 36.6 Å². The Hall–Kier alpha value is -3.52. The highest BCUT2D eigenvalue weighted by atomic mass is 32.1. The van der Waals surface area contributed by atoms with Gasteiger partial charge in [-0.2, -0.15) is 0 Å². The van der Waals surface area contributed by atoms with E-state index in [1.165, 1.54) is 18.3 Å². The van der Waals surface area contributed by atoms with E-state index >= 15 is 0 Å². The molecule has 0 spiro atoms. The lowest BCUT2D eigenvalue weighted by Gasteiger charge is -2.20. The average Bonchev–Trinajstić information content (AvgIpc) is 3.34. The Morgan fingerprint density at radius 3 is 2.52 bits per heavy atom. The SMILES string of the molecule is COc1ccc(-c2nc(COC(=O)C(C)N3C(=O)c4ccc(C)cc4C3=O)cs2)cc1. The highest BCUT2D eigenvalue weighted by Crippen LogP contribution is 2.27. The summed E-state index contributed by atoms with van der Waals surface area (Å²) in [6.07, 6.45) is 0. The standard InChI is InChI=1S/C23H20N2O5S/c1-13-4-9-18-19(10-13)22(27)25(21(18)26)14(2)23(28)30-11-16-12-31-20(24-16)15-5-7-17(29-3)8-6-15/h4-10,12,14H,11H2,1-3H3. The number of esters is 1. The molecular formula is C23H20N2O5S. The van der Waals surface area contributed by atoms with Crippen molar-refractivity contribution in [3.05, 3.63) is 70.2 Å². The van der Waals surface area contributed by atoms with Crippen LogP contribution in [0.1, 0.15) is 38.9 Å². The molecule has 158 valence electrons. The lowest BCUT2D eigenvalue weighted by Crippen LogP contribution is -2.43. The van der Waals surface area contributed by atoms with Gasteiger partial charge >= 0.3 is 5.97 Å². The predicted molar refractivity (Wildman–Crippen MR) is 115 cm³/mol. The minimum absolute atomic E-state index is 0.0435. The molecule has 1 unspecified atom stereocenters. The normalized spacial score (nSPS) is 13.8. The second-order valence-corrected chi connectivity index (χ2v) is 8.04. The van der Waals surface area contributed by atoms with Crippen molar-refractivity contribution in [3.8, 4) is 16.3 Å². The molecule has 0 fully saturated rings. The van der Waals surface area contributed by atoms with Crippen LogP contribution < -0.4 is 4.74 Å². The van der Waals surface area contributed by atoms with Gasteiger partial charge in [0, 0.05) is 10.9 Å². The van der Waals surface area contributed by atoms with E-state index in [9.17, 15) is 14.4 Å². The average molecular weight is 436 g/mol. The van der Waals surface area contributed by atoms with Gasteiger partial charge in [0.2, 0.25) is 0 Å². The molecule has 1 aliphatic heterocycles. The van der Waals surface area contributed by atoms with Crippen molar-refractivity contribution in [2.24, 2.45) is 0 Å². The number of hydrogen-bond donors (Lipinski definition) is 0. The first-order valence-electron chi connectivity index (χ1n) is 9.63. The molecule has 8 heteroatoms. The summed E-state index contributed by atoms with van der Waals surface area (Å²) in [5.74, 6) is -0.875. The monoisotopic (exact) mass is 436 g/mol. The van der Waals surface area contributed by atoms with Crippen LogP contribution in [0.3, 0.4) is 0 Å². The van der Waals surface area contributed by atoms with Crippen LogP contribution in [0.5, 0.6) is 5.75 Å². The Morgan fingerprint density at radius 1 is 1.10 bits per heavy atom. The van der Waals surface area contributed by atoms with Crippen molar-refractivity contribution in [2.75, 3.05) is 7.11 Å². The summed E-state index contributed by atoms with van der Waals surface area (Å²) in [4.78, 5) is 43.3. The zero-order valence-corrected chi connectivity index (χ0v) is 18.1. The number of hydrogen-bond acceptors (Lipinski definition) is 7. The smallest absolute Gasteiger partial charge is 0.329 e. The van der Waals surface area contributed by atoms with Gasteiger partial charge in [-0.3, -0.25) is 14.5 Å². The van der Waals surface area contributed by atoms with Gasteiger partial charge in [-0.15, -0.1) is 11.3 Å². The number of amides is 2. The highest BCUT2D eigenvalue weighted by Gasteiger charge is 2.41. The summed E-state index contributed by atoms with van der Waals surface area (Å²) in [5, 5.41) is 2.60. The number of methoxy groups -OCH3 is 1. The third-order valence-electron chi connectivity index (χ3n) is 5.05. The van der Waals surface area contributed by atoms with E-state index in [1.54, 1.807) is 25.3 Å². The molecule has 3 aromatic rings. The van der Waals surface area contributed by atoms with Gasteiger partial charge in [0.25, 0.3) is 11.8 Å². The summed E-state index contributed by atoms with van der Waals surface area (Å²) < 4.78 is 10.5. The zero-order chi connectivity index (χ0) is 22.1. The van der Waals surface area contributed by atoms with Crippen molar-refractivity contribution in [2.45, 2.75) is 26.5 Å². The molecule has 1 aromatic heterocycles. The molecule has 2 amide bonds.